The highest BCUT2D eigenvalue weighted by molar-refractivity contribution is 5.75. The Kier molecular flexibility index (Phi) is 5.90. The molecule has 5 heteroatoms. The van der Waals surface area contributed by atoms with Gasteiger partial charge in [-0.15, -0.1) is 0 Å². The third-order valence-corrected chi connectivity index (χ3v) is 4.12. The summed E-state index contributed by atoms with van der Waals surface area (Å²) < 4.78 is 11.4. The SMILES string of the molecule is Cc1ccccc1OCCCCC(O)COc1ccc2nc[nH]c2c1. The van der Waals surface area contributed by atoms with Crippen LogP contribution >= 0.6 is 0 Å². The summed E-state index contributed by atoms with van der Waals surface area (Å²) in [7, 11) is 0. The molecular weight excluding hydrogens is 316 g/mol. The summed E-state index contributed by atoms with van der Waals surface area (Å²) in [6, 6.07) is 13.7. The Labute approximate surface area is 147 Å². The summed E-state index contributed by atoms with van der Waals surface area (Å²) in [5.41, 5.74) is 2.98. The fraction of sp³-hybridized carbons (Fsp3) is 0.350. The quantitative estimate of drug-likeness (QED) is 0.581. The number of aromatic nitrogens is 2. The Morgan fingerprint density at radius 1 is 1.12 bits per heavy atom. The number of H-pyrrole nitrogens is 1. The van der Waals surface area contributed by atoms with Crippen molar-refractivity contribution in [3.63, 3.8) is 0 Å². The minimum Gasteiger partial charge on any atom is -0.493 e. The number of para-hydroxylation sites is 1. The monoisotopic (exact) mass is 340 g/mol. The number of aliphatic hydroxyl groups excluding tert-OH is 1. The first-order valence-corrected chi connectivity index (χ1v) is 8.65. The van der Waals surface area contributed by atoms with E-state index in [2.05, 4.69) is 9.97 Å². The Morgan fingerprint density at radius 2 is 2.00 bits per heavy atom. The van der Waals surface area contributed by atoms with E-state index < -0.39 is 6.10 Å². The van der Waals surface area contributed by atoms with Crippen LogP contribution in [0.2, 0.25) is 0 Å². The summed E-state index contributed by atoms with van der Waals surface area (Å²) >= 11 is 0. The lowest BCUT2D eigenvalue weighted by Gasteiger charge is -2.13. The highest BCUT2D eigenvalue weighted by Gasteiger charge is 2.07. The van der Waals surface area contributed by atoms with Gasteiger partial charge in [-0.2, -0.15) is 0 Å². The molecule has 132 valence electrons. The van der Waals surface area contributed by atoms with Gasteiger partial charge < -0.3 is 19.6 Å². The number of aromatic amines is 1. The molecular formula is C20H24N2O3. The number of imidazole rings is 1. The van der Waals surface area contributed by atoms with Gasteiger partial charge in [0.25, 0.3) is 0 Å². The molecule has 0 aliphatic rings. The van der Waals surface area contributed by atoms with Crippen molar-refractivity contribution in [2.75, 3.05) is 13.2 Å². The lowest BCUT2D eigenvalue weighted by molar-refractivity contribution is 0.0965. The van der Waals surface area contributed by atoms with Gasteiger partial charge in [-0.3, -0.25) is 0 Å². The zero-order chi connectivity index (χ0) is 17.5. The van der Waals surface area contributed by atoms with Gasteiger partial charge in [-0.1, -0.05) is 18.2 Å². The fourth-order valence-corrected chi connectivity index (χ4v) is 2.66. The van der Waals surface area contributed by atoms with E-state index >= 15 is 0 Å². The number of nitrogens with one attached hydrogen (secondary N) is 1. The molecule has 1 heterocycles. The number of ether oxygens (including phenoxy) is 2. The van der Waals surface area contributed by atoms with Crippen molar-refractivity contribution in [2.45, 2.75) is 32.3 Å². The Hall–Kier alpha value is -2.53. The summed E-state index contributed by atoms with van der Waals surface area (Å²) in [4.78, 5) is 7.21. The predicted octanol–water partition coefficient (Wildman–Crippen LogP) is 3.86. The molecule has 1 aromatic heterocycles. The molecule has 0 spiro atoms. The second-order valence-electron chi connectivity index (χ2n) is 6.16. The first kappa shape index (κ1) is 17.3. The average molecular weight is 340 g/mol. The highest BCUT2D eigenvalue weighted by atomic mass is 16.5. The van der Waals surface area contributed by atoms with E-state index in [9.17, 15) is 5.11 Å². The van der Waals surface area contributed by atoms with Crippen LogP contribution in [0, 0.1) is 6.92 Å². The number of aliphatic hydroxyl groups is 1. The molecule has 3 aromatic rings. The molecule has 2 N–H and O–H groups in total. The minimum absolute atomic E-state index is 0.290. The number of unbranched alkanes of at least 4 members (excludes halogenated alkanes) is 1. The van der Waals surface area contributed by atoms with Crippen LogP contribution in [0.3, 0.4) is 0 Å². The van der Waals surface area contributed by atoms with Crippen molar-refractivity contribution >= 4 is 11.0 Å². The highest BCUT2D eigenvalue weighted by Crippen LogP contribution is 2.19. The van der Waals surface area contributed by atoms with E-state index in [1.54, 1.807) is 6.33 Å². The lowest BCUT2D eigenvalue weighted by Crippen LogP contribution is -2.17. The van der Waals surface area contributed by atoms with Crippen molar-refractivity contribution < 1.29 is 14.6 Å². The molecule has 2 aromatic carbocycles. The van der Waals surface area contributed by atoms with Crippen molar-refractivity contribution in [2.24, 2.45) is 0 Å². The van der Waals surface area contributed by atoms with E-state index in [4.69, 9.17) is 9.47 Å². The zero-order valence-corrected chi connectivity index (χ0v) is 14.4. The predicted molar refractivity (Wildman–Crippen MR) is 98.1 cm³/mol. The second-order valence-corrected chi connectivity index (χ2v) is 6.16. The van der Waals surface area contributed by atoms with Crippen molar-refractivity contribution in [1.29, 1.82) is 0 Å². The number of hydrogen-bond acceptors (Lipinski definition) is 4. The maximum atomic E-state index is 10.1. The molecule has 0 aliphatic heterocycles. The van der Waals surface area contributed by atoms with Crippen LogP contribution in [0.15, 0.2) is 48.8 Å². The minimum atomic E-state index is -0.476. The molecule has 0 radical (unpaired) electrons. The van der Waals surface area contributed by atoms with Gasteiger partial charge in [0.1, 0.15) is 18.1 Å². The fourth-order valence-electron chi connectivity index (χ4n) is 2.66. The largest absolute Gasteiger partial charge is 0.493 e. The maximum absolute atomic E-state index is 10.1. The molecule has 5 nitrogen and oxygen atoms in total. The van der Waals surface area contributed by atoms with E-state index in [-0.39, 0.29) is 6.61 Å². The van der Waals surface area contributed by atoms with Gasteiger partial charge in [-0.05, 0) is 49.9 Å². The number of benzene rings is 2. The Bertz CT molecular complexity index is 800. The third kappa shape index (κ3) is 4.97. The zero-order valence-electron chi connectivity index (χ0n) is 14.4. The van der Waals surface area contributed by atoms with Gasteiger partial charge >= 0.3 is 0 Å². The smallest absolute Gasteiger partial charge is 0.122 e. The van der Waals surface area contributed by atoms with Crippen LogP contribution in [0.5, 0.6) is 11.5 Å². The van der Waals surface area contributed by atoms with E-state index in [1.165, 1.54) is 0 Å². The molecule has 1 unspecified atom stereocenters. The molecule has 0 bridgehead atoms. The van der Waals surface area contributed by atoms with Crippen molar-refractivity contribution in [1.82, 2.24) is 9.97 Å². The lowest BCUT2D eigenvalue weighted by atomic mass is 10.1. The summed E-state index contributed by atoms with van der Waals surface area (Å²) in [5, 5.41) is 10.1. The summed E-state index contributed by atoms with van der Waals surface area (Å²) in [5.74, 6) is 1.67. The Balaban J connectivity index is 1.32. The number of rotatable bonds is 9. The molecule has 1 atom stereocenters. The first-order chi connectivity index (χ1) is 12.2. The molecule has 25 heavy (non-hydrogen) atoms. The number of nitrogens with zero attached hydrogens (tertiary/aromatic N) is 1. The third-order valence-electron chi connectivity index (χ3n) is 4.12. The summed E-state index contributed by atoms with van der Waals surface area (Å²) in [6.45, 7) is 2.99. The van der Waals surface area contributed by atoms with Crippen molar-refractivity contribution in [3.8, 4) is 11.5 Å². The molecule has 0 saturated heterocycles. The molecule has 0 saturated carbocycles. The van der Waals surface area contributed by atoms with Gasteiger partial charge in [0.15, 0.2) is 0 Å². The van der Waals surface area contributed by atoms with E-state index in [0.717, 1.165) is 40.9 Å². The van der Waals surface area contributed by atoms with Gasteiger partial charge in [-0.25, -0.2) is 4.98 Å². The van der Waals surface area contributed by atoms with E-state index in [0.29, 0.717) is 13.0 Å². The van der Waals surface area contributed by atoms with Crippen LogP contribution in [-0.2, 0) is 0 Å². The molecule has 0 aliphatic carbocycles. The number of fused-ring (bicyclic) bond motifs is 1. The van der Waals surface area contributed by atoms with Crippen LogP contribution in [0.1, 0.15) is 24.8 Å². The van der Waals surface area contributed by atoms with Crippen LogP contribution < -0.4 is 9.47 Å². The van der Waals surface area contributed by atoms with Gasteiger partial charge in [0.2, 0.25) is 0 Å². The van der Waals surface area contributed by atoms with Crippen LogP contribution in [0.4, 0.5) is 0 Å². The van der Waals surface area contributed by atoms with E-state index in [1.807, 2.05) is 49.4 Å². The normalized spacial score (nSPS) is 12.2. The second kappa shape index (κ2) is 8.53. The molecule has 0 fully saturated rings. The molecule has 3 rings (SSSR count). The van der Waals surface area contributed by atoms with Crippen molar-refractivity contribution in [3.05, 3.63) is 54.4 Å². The topological polar surface area (TPSA) is 67.4 Å². The maximum Gasteiger partial charge on any atom is 0.122 e. The van der Waals surface area contributed by atoms with Crippen LogP contribution in [0.25, 0.3) is 11.0 Å². The first-order valence-electron chi connectivity index (χ1n) is 8.65. The molecule has 0 amide bonds. The standard InChI is InChI=1S/C20H24N2O3/c1-15-6-2-3-8-20(15)24-11-5-4-7-16(23)13-25-17-9-10-18-19(12-17)22-14-21-18/h2-3,6,8-10,12,14,16,23H,4-5,7,11,13H2,1H3,(H,21,22). The van der Waals surface area contributed by atoms with Crippen LogP contribution in [-0.4, -0.2) is 34.4 Å². The summed E-state index contributed by atoms with van der Waals surface area (Å²) in [6.07, 6.45) is 3.68. The number of hydrogen-bond donors (Lipinski definition) is 2. The Morgan fingerprint density at radius 3 is 2.88 bits per heavy atom. The average Bonchev–Trinajstić information content (AvgIpc) is 3.09. The van der Waals surface area contributed by atoms with Gasteiger partial charge in [0.05, 0.1) is 30.1 Å². The van der Waals surface area contributed by atoms with Gasteiger partial charge in [0, 0.05) is 6.07 Å². The number of aryl methyl sites for hydroxylation is 1.